The van der Waals surface area contributed by atoms with Gasteiger partial charge in [0.2, 0.25) is 0 Å². The summed E-state index contributed by atoms with van der Waals surface area (Å²) in [6, 6.07) is 12.7. The third-order valence-corrected chi connectivity index (χ3v) is 3.85. The van der Waals surface area contributed by atoms with Crippen molar-refractivity contribution < 1.29 is 19.0 Å². The number of hydrogen-bond donors (Lipinski definition) is 0. The predicted molar refractivity (Wildman–Crippen MR) is 87.8 cm³/mol. The minimum atomic E-state index is -0.338. The highest BCUT2D eigenvalue weighted by Crippen LogP contribution is 2.27. The highest BCUT2D eigenvalue weighted by Gasteiger charge is 2.11. The average molecular weight is 398 g/mol. The number of ether oxygens (including phenoxy) is 3. The highest BCUT2D eigenvalue weighted by molar-refractivity contribution is 14.1. The molecule has 0 radical (unpaired) electrons. The molecule has 0 aliphatic carbocycles. The molecule has 0 aliphatic heterocycles. The minimum absolute atomic E-state index is 0.185. The topological polar surface area (TPSA) is 44.8 Å². The van der Waals surface area contributed by atoms with E-state index in [9.17, 15) is 4.79 Å². The average Bonchev–Trinajstić information content (AvgIpc) is 2.52. The summed E-state index contributed by atoms with van der Waals surface area (Å²) in [5, 5.41) is 0. The number of rotatable bonds is 5. The van der Waals surface area contributed by atoms with Gasteiger partial charge in [0.1, 0.15) is 6.61 Å². The summed E-state index contributed by atoms with van der Waals surface area (Å²) in [5.41, 5.74) is 1.41. The fraction of sp³-hybridized carbons (Fsp3) is 0.188. The van der Waals surface area contributed by atoms with E-state index in [1.165, 1.54) is 0 Å². The van der Waals surface area contributed by atoms with Gasteiger partial charge in [-0.1, -0.05) is 18.2 Å². The summed E-state index contributed by atoms with van der Waals surface area (Å²) in [6.07, 6.45) is 0. The number of hydrogen-bond acceptors (Lipinski definition) is 4. The van der Waals surface area contributed by atoms with Gasteiger partial charge in [0.25, 0.3) is 0 Å². The molecule has 21 heavy (non-hydrogen) atoms. The van der Waals surface area contributed by atoms with Gasteiger partial charge in [-0.15, -0.1) is 0 Å². The molecule has 2 rings (SSSR count). The fourth-order valence-corrected chi connectivity index (χ4v) is 2.43. The lowest BCUT2D eigenvalue weighted by Crippen LogP contribution is -2.07. The first kappa shape index (κ1) is 15.6. The van der Waals surface area contributed by atoms with Crippen LogP contribution in [-0.4, -0.2) is 20.2 Å². The van der Waals surface area contributed by atoms with Gasteiger partial charge in [-0.2, -0.15) is 0 Å². The molecule has 0 bridgehead atoms. The Balaban J connectivity index is 2.06. The van der Waals surface area contributed by atoms with Crippen LogP contribution in [0.2, 0.25) is 0 Å². The lowest BCUT2D eigenvalue weighted by Gasteiger charge is -2.10. The van der Waals surface area contributed by atoms with E-state index < -0.39 is 0 Å². The Morgan fingerprint density at radius 1 is 1.05 bits per heavy atom. The molecule has 110 valence electrons. The molecule has 0 unspecified atom stereocenters. The standard InChI is InChI=1S/C16H15IO4/c1-19-14-8-7-11(9-15(14)20-2)10-21-16(18)12-5-3-4-6-13(12)17/h3-9H,10H2,1-2H3. The molecule has 0 amide bonds. The van der Waals surface area contributed by atoms with Gasteiger partial charge >= 0.3 is 5.97 Å². The molecule has 4 nitrogen and oxygen atoms in total. The van der Waals surface area contributed by atoms with Crippen molar-refractivity contribution in [1.82, 2.24) is 0 Å². The van der Waals surface area contributed by atoms with Gasteiger partial charge in [0.15, 0.2) is 11.5 Å². The van der Waals surface area contributed by atoms with Crippen molar-refractivity contribution in [3.8, 4) is 11.5 Å². The first-order valence-corrected chi connectivity index (χ1v) is 7.36. The van der Waals surface area contributed by atoms with Crippen LogP contribution < -0.4 is 9.47 Å². The second-order valence-electron chi connectivity index (χ2n) is 4.25. The van der Waals surface area contributed by atoms with Gasteiger partial charge in [-0.3, -0.25) is 0 Å². The Kier molecular flexibility index (Phi) is 5.44. The molecule has 0 atom stereocenters. The van der Waals surface area contributed by atoms with Crippen molar-refractivity contribution in [2.24, 2.45) is 0 Å². The van der Waals surface area contributed by atoms with Crippen molar-refractivity contribution >= 4 is 28.6 Å². The normalized spacial score (nSPS) is 10.0. The van der Waals surface area contributed by atoms with Gasteiger partial charge in [0, 0.05) is 3.57 Å². The van der Waals surface area contributed by atoms with Crippen LogP contribution in [-0.2, 0) is 11.3 Å². The monoisotopic (exact) mass is 398 g/mol. The van der Waals surface area contributed by atoms with Gasteiger partial charge in [-0.05, 0) is 52.4 Å². The Morgan fingerprint density at radius 3 is 2.43 bits per heavy atom. The van der Waals surface area contributed by atoms with Crippen LogP contribution in [0.4, 0.5) is 0 Å². The zero-order valence-corrected chi connectivity index (χ0v) is 13.9. The van der Waals surface area contributed by atoms with Gasteiger partial charge in [-0.25, -0.2) is 4.79 Å². The quantitative estimate of drug-likeness (QED) is 0.570. The lowest BCUT2D eigenvalue weighted by atomic mass is 10.2. The summed E-state index contributed by atoms with van der Waals surface area (Å²) in [5.74, 6) is 0.917. The third-order valence-electron chi connectivity index (χ3n) is 2.91. The molecule has 5 heteroatoms. The number of methoxy groups -OCH3 is 2. The summed E-state index contributed by atoms with van der Waals surface area (Å²) in [4.78, 5) is 12.0. The molecule has 0 heterocycles. The van der Waals surface area contributed by atoms with E-state index in [1.54, 1.807) is 32.4 Å². The molecular formula is C16H15IO4. The number of benzene rings is 2. The van der Waals surface area contributed by atoms with Crippen molar-refractivity contribution in [2.45, 2.75) is 6.61 Å². The number of halogens is 1. The maximum Gasteiger partial charge on any atom is 0.339 e. The molecule has 2 aromatic carbocycles. The Hall–Kier alpha value is -1.76. The Labute approximate surface area is 137 Å². The van der Waals surface area contributed by atoms with Crippen molar-refractivity contribution in [2.75, 3.05) is 14.2 Å². The fourth-order valence-electron chi connectivity index (χ4n) is 1.82. The third kappa shape index (κ3) is 3.87. The maximum absolute atomic E-state index is 12.0. The number of esters is 1. The second kappa shape index (κ2) is 7.31. The molecule has 0 aromatic heterocycles. The predicted octanol–water partition coefficient (Wildman–Crippen LogP) is 3.67. The molecule has 0 fully saturated rings. The first-order valence-electron chi connectivity index (χ1n) is 6.28. The highest BCUT2D eigenvalue weighted by atomic mass is 127. The van der Waals surface area contributed by atoms with E-state index in [1.807, 2.05) is 24.3 Å². The smallest absolute Gasteiger partial charge is 0.339 e. The second-order valence-corrected chi connectivity index (χ2v) is 5.41. The minimum Gasteiger partial charge on any atom is -0.493 e. The SMILES string of the molecule is COc1ccc(COC(=O)c2ccccc2I)cc1OC. The zero-order chi connectivity index (χ0) is 15.2. The Morgan fingerprint density at radius 2 is 1.76 bits per heavy atom. The van der Waals surface area contributed by atoms with Crippen LogP contribution in [0.3, 0.4) is 0 Å². The lowest BCUT2D eigenvalue weighted by molar-refractivity contribution is 0.0471. The summed E-state index contributed by atoms with van der Waals surface area (Å²) < 4.78 is 16.6. The van der Waals surface area contributed by atoms with Crippen LogP contribution in [0.5, 0.6) is 11.5 Å². The van der Waals surface area contributed by atoms with E-state index in [2.05, 4.69) is 22.6 Å². The van der Waals surface area contributed by atoms with E-state index in [0.717, 1.165) is 9.13 Å². The van der Waals surface area contributed by atoms with Crippen LogP contribution in [0.25, 0.3) is 0 Å². The first-order chi connectivity index (χ1) is 10.2. The van der Waals surface area contributed by atoms with Crippen LogP contribution >= 0.6 is 22.6 Å². The summed E-state index contributed by atoms with van der Waals surface area (Å²) in [6.45, 7) is 0.185. The van der Waals surface area contributed by atoms with Crippen molar-refractivity contribution in [3.05, 3.63) is 57.2 Å². The molecule has 0 N–H and O–H groups in total. The summed E-state index contributed by atoms with van der Waals surface area (Å²) >= 11 is 2.11. The van der Waals surface area contributed by atoms with Gasteiger partial charge < -0.3 is 14.2 Å². The van der Waals surface area contributed by atoms with E-state index in [0.29, 0.717) is 17.1 Å². The van der Waals surface area contributed by atoms with E-state index >= 15 is 0 Å². The number of carbonyl (C=O) groups excluding carboxylic acids is 1. The molecule has 2 aromatic rings. The molecule has 0 saturated heterocycles. The molecule has 0 aliphatic rings. The number of carbonyl (C=O) groups is 1. The Bertz CT molecular complexity index is 640. The summed E-state index contributed by atoms with van der Waals surface area (Å²) in [7, 11) is 3.15. The van der Waals surface area contributed by atoms with Crippen LogP contribution in [0.1, 0.15) is 15.9 Å². The maximum atomic E-state index is 12.0. The zero-order valence-electron chi connectivity index (χ0n) is 11.8. The van der Waals surface area contributed by atoms with Crippen molar-refractivity contribution in [1.29, 1.82) is 0 Å². The molecular weight excluding hydrogens is 383 g/mol. The van der Waals surface area contributed by atoms with Crippen LogP contribution in [0.15, 0.2) is 42.5 Å². The largest absolute Gasteiger partial charge is 0.493 e. The van der Waals surface area contributed by atoms with Gasteiger partial charge in [0.05, 0.1) is 19.8 Å². The van der Waals surface area contributed by atoms with E-state index in [-0.39, 0.29) is 12.6 Å². The van der Waals surface area contributed by atoms with Crippen molar-refractivity contribution in [3.63, 3.8) is 0 Å². The van der Waals surface area contributed by atoms with Crippen LogP contribution in [0, 0.1) is 3.57 Å². The molecule has 0 saturated carbocycles. The molecule has 0 spiro atoms. The van der Waals surface area contributed by atoms with E-state index in [4.69, 9.17) is 14.2 Å².